The molecule has 0 radical (unpaired) electrons. The van der Waals surface area contributed by atoms with Gasteiger partial charge in [0, 0.05) is 29.3 Å². The minimum Gasteiger partial charge on any atom is -0.462 e. The molecular formula is C25H21N3O3. The number of H-pyrrole nitrogens is 1. The van der Waals surface area contributed by atoms with Crippen molar-refractivity contribution in [3.8, 4) is 11.4 Å². The fraction of sp³-hybridized carbons (Fsp3) is 0.0800. The standard InChI is InChI=1S/C25H21N3O3/c29-23(28(21-7-3-1-4-8-21)22-9-5-2-6-10-22)15-18-31-25(30)20-13-11-19(12-14-20)24-26-16-17-27-24/h1-14,16-17H,15,18H2,(H,26,27). The van der Waals surface area contributed by atoms with Gasteiger partial charge in [-0.3, -0.25) is 9.69 Å². The summed E-state index contributed by atoms with van der Waals surface area (Å²) in [5.74, 6) is 0.107. The number of carbonyl (C=O) groups excluding carboxylic acids is 2. The Hall–Kier alpha value is -4.19. The number of carbonyl (C=O) groups is 2. The second-order valence-electron chi connectivity index (χ2n) is 6.80. The Bertz CT molecular complexity index is 1090. The molecular weight excluding hydrogens is 390 g/mol. The number of amides is 1. The van der Waals surface area contributed by atoms with E-state index < -0.39 is 5.97 Å². The highest BCUT2D eigenvalue weighted by atomic mass is 16.5. The SMILES string of the molecule is O=C(OCCC(=O)N(c1ccccc1)c1ccccc1)c1ccc(-c2ncc[nH]2)cc1. The highest BCUT2D eigenvalue weighted by molar-refractivity contribution is 6.00. The van der Waals surface area contributed by atoms with E-state index in [4.69, 9.17) is 4.74 Å². The Morgan fingerprint density at radius 2 is 1.45 bits per heavy atom. The van der Waals surface area contributed by atoms with Crippen LogP contribution in [-0.4, -0.2) is 28.5 Å². The second kappa shape index (κ2) is 9.54. The van der Waals surface area contributed by atoms with Crippen molar-refractivity contribution in [1.29, 1.82) is 0 Å². The van der Waals surface area contributed by atoms with Gasteiger partial charge in [0.05, 0.1) is 12.0 Å². The number of ether oxygens (including phenoxy) is 1. The van der Waals surface area contributed by atoms with E-state index in [0.717, 1.165) is 22.8 Å². The number of hydrogen-bond donors (Lipinski definition) is 1. The van der Waals surface area contributed by atoms with Crippen molar-refractivity contribution >= 4 is 23.3 Å². The highest BCUT2D eigenvalue weighted by Gasteiger charge is 2.18. The second-order valence-corrected chi connectivity index (χ2v) is 6.80. The molecule has 154 valence electrons. The number of esters is 1. The molecule has 6 heteroatoms. The lowest BCUT2D eigenvalue weighted by Gasteiger charge is -2.23. The molecule has 0 aliphatic rings. The van der Waals surface area contributed by atoms with E-state index in [1.165, 1.54) is 0 Å². The maximum Gasteiger partial charge on any atom is 0.338 e. The van der Waals surface area contributed by atoms with Crippen LogP contribution < -0.4 is 4.90 Å². The first-order valence-corrected chi connectivity index (χ1v) is 9.92. The maximum absolute atomic E-state index is 13.0. The third-order valence-corrected chi connectivity index (χ3v) is 4.72. The molecule has 31 heavy (non-hydrogen) atoms. The number of nitrogens with zero attached hydrogens (tertiary/aromatic N) is 2. The number of imidazole rings is 1. The highest BCUT2D eigenvalue weighted by Crippen LogP contribution is 2.25. The average Bonchev–Trinajstić information content (AvgIpc) is 3.36. The van der Waals surface area contributed by atoms with Crippen molar-refractivity contribution in [2.45, 2.75) is 6.42 Å². The summed E-state index contributed by atoms with van der Waals surface area (Å²) in [7, 11) is 0. The zero-order chi connectivity index (χ0) is 21.5. The lowest BCUT2D eigenvalue weighted by atomic mass is 10.1. The summed E-state index contributed by atoms with van der Waals surface area (Å²) in [5.41, 5.74) is 2.82. The van der Waals surface area contributed by atoms with E-state index >= 15 is 0 Å². The van der Waals surface area contributed by atoms with Crippen molar-refractivity contribution in [3.05, 3.63) is 103 Å². The van der Waals surface area contributed by atoms with Crippen molar-refractivity contribution in [2.24, 2.45) is 0 Å². The predicted octanol–water partition coefficient (Wildman–Crippen LogP) is 4.99. The first kappa shape index (κ1) is 20.1. The lowest BCUT2D eigenvalue weighted by molar-refractivity contribution is -0.118. The van der Waals surface area contributed by atoms with Gasteiger partial charge in [0.1, 0.15) is 12.4 Å². The number of aromatic amines is 1. The number of benzene rings is 3. The van der Waals surface area contributed by atoms with E-state index in [1.54, 1.807) is 41.6 Å². The van der Waals surface area contributed by atoms with Gasteiger partial charge in [0.15, 0.2) is 0 Å². The molecule has 1 N–H and O–H groups in total. The quantitative estimate of drug-likeness (QED) is 0.435. The molecule has 0 bridgehead atoms. The molecule has 6 nitrogen and oxygen atoms in total. The summed E-state index contributed by atoms with van der Waals surface area (Å²) >= 11 is 0. The van der Waals surface area contributed by atoms with Gasteiger partial charge in [-0.25, -0.2) is 9.78 Å². The van der Waals surface area contributed by atoms with Gasteiger partial charge in [-0.05, 0) is 36.4 Å². The Labute approximate surface area is 180 Å². The first-order valence-electron chi connectivity index (χ1n) is 9.92. The number of anilines is 2. The van der Waals surface area contributed by atoms with Crippen molar-refractivity contribution in [3.63, 3.8) is 0 Å². The summed E-state index contributed by atoms with van der Waals surface area (Å²) in [6.45, 7) is -0.00618. The van der Waals surface area contributed by atoms with Crippen LogP contribution >= 0.6 is 0 Å². The molecule has 4 aromatic rings. The van der Waals surface area contributed by atoms with Gasteiger partial charge in [-0.2, -0.15) is 0 Å². The van der Waals surface area contributed by atoms with Crippen molar-refractivity contribution in [1.82, 2.24) is 9.97 Å². The molecule has 1 amide bonds. The van der Waals surface area contributed by atoms with Crippen LogP contribution in [0.15, 0.2) is 97.3 Å². The Morgan fingerprint density at radius 3 is 2.00 bits per heavy atom. The summed E-state index contributed by atoms with van der Waals surface area (Å²) in [6, 6.07) is 25.8. The average molecular weight is 411 g/mol. The third kappa shape index (κ3) is 4.87. The third-order valence-electron chi connectivity index (χ3n) is 4.72. The van der Waals surface area contributed by atoms with Gasteiger partial charge in [-0.1, -0.05) is 48.5 Å². The number of rotatable bonds is 7. The van der Waals surface area contributed by atoms with Crippen molar-refractivity contribution < 1.29 is 14.3 Å². The van der Waals surface area contributed by atoms with E-state index in [1.807, 2.05) is 60.7 Å². The van der Waals surface area contributed by atoms with Gasteiger partial charge in [0.25, 0.3) is 0 Å². The Kier molecular flexibility index (Phi) is 6.18. The molecule has 0 fully saturated rings. The molecule has 1 aromatic heterocycles. The van der Waals surface area contributed by atoms with Crippen LogP contribution in [0.2, 0.25) is 0 Å². The van der Waals surface area contributed by atoms with E-state index in [0.29, 0.717) is 5.56 Å². The van der Waals surface area contributed by atoms with Crippen molar-refractivity contribution in [2.75, 3.05) is 11.5 Å². The molecule has 0 spiro atoms. The lowest BCUT2D eigenvalue weighted by Crippen LogP contribution is -2.27. The maximum atomic E-state index is 13.0. The molecule has 0 unspecified atom stereocenters. The number of hydrogen-bond acceptors (Lipinski definition) is 4. The fourth-order valence-electron chi connectivity index (χ4n) is 3.20. The summed E-state index contributed by atoms with van der Waals surface area (Å²) in [4.78, 5) is 34.2. The van der Waals surface area contributed by atoms with Crippen LogP contribution in [0.4, 0.5) is 11.4 Å². The normalized spacial score (nSPS) is 10.5. The summed E-state index contributed by atoms with van der Waals surface area (Å²) in [5, 5.41) is 0. The topological polar surface area (TPSA) is 75.3 Å². The zero-order valence-corrected chi connectivity index (χ0v) is 16.8. The largest absolute Gasteiger partial charge is 0.462 e. The zero-order valence-electron chi connectivity index (χ0n) is 16.8. The molecule has 0 saturated heterocycles. The smallest absolute Gasteiger partial charge is 0.338 e. The van der Waals surface area contributed by atoms with E-state index in [9.17, 15) is 9.59 Å². The van der Waals surface area contributed by atoms with Gasteiger partial charge < -0.3 is 9.72 Å². The Morgan fingerprint density at radius 1 is 0.839 bits per heavy atom. The number of nitrogens with one attached hydrogen (secondary N) is 1. The first-order chi connectivity index (χ1) is 15.2. The minimum atomic E-state index is -0.468. The number of aromatic nitrogens is 2. The van der Waals surface area contributed by atoms with Crippen LogP contribution in [0, 0.1) is 0 Å². The Balaban J connectivity index is 1.38. The molecule has 0 aliphatic carbocycles. The van der Waals surface area contributed by atoms with Crippen LogP contribution in [-0.2, 0) is 9.53 Å². The van der Waals surface area contributed by atoms with Gasteiger partial charge >= 0.3 is 5.97 Å². The molecule has 0 aliphatic heterocycles. The molecule has 1 heterocycles. The molecule has 0 saturated carbocycles. The van der Waals surface area contributed by atoms with E-state index in [2.05, 4.69) is 9.97 Å². The summed E-state index contributed by atoms with van der Waals surface area (Å²) in [6.07, 6.45) is 3.48. The van der Waals surface area contributed by atoms with Crippen LogP contribution in [0.3, 0.4) is 0 Å². The van der Waals surface area contributed by atoms with Gasteiger partial charge in [0.2, 0.25) is 5.91 Å². The van der Waals surface area contributed by atoms with Gasteiger partial charge in [-0.15, -0.1) is 0 Å². The molecule has 3 aromatic carbocycles. The summed E-state index contributed by atoms with van der Waals surface area (Å²) < 4.78 is 5.34. The molecule has 0 atom stereocenters. The fourth-order valence-corrected chi connectivity index (χ4v) is 3.20. The van der Waals surface area contributed by atoms with Crippen LogP contribution in [0.1, 0.15) is 16.8 Å². The minimum absolute atomic E-state index is 0.00618. The predicted molar refractivity (Wildman–Crippen MR) is 119 cm³/mol. The van der Waals surface area contributed by atoms with Crippen LogP contribution in [0.25, 0.3) is 11.4 Å². The molecule has 4 rings (SSSR count). The van der Waals surface area contributed by atoms with E-state index in [-0.39, 0.29) is 18.9 Å². The van der Waals surface area contributed by atoms with Crippen LogP contribution in [0.5, 0.6) is 0 Å². The monoisotopic (exact) mass is 411 g/mol. The number of para-hydroxylation sites is 2.